The molecule has 0 saturated carbocycles. The van der Waals surface area contributed by atoms with Crippen LogP contribution in [0.25, 0.3) is 0 Å². The van der Waals surface area contributed by atoms with Crippen LogP contribution in [0.1, 0.15) is 35.6 Å². The minimum atomic E-state index is -0.410. The normalized spacial score (nSPS) is 16.1. The van der Waals surface area contributed by atoms with Gasteiger partial charge in [0.05, 0.1) is 16.7 Å². The molecule has 0 saturated heterocycles. The summed E-state index contributed by atoms with van der Waals surface area (Å²) in [5.74, 6) is 1.08. The first kappa shape index (κ1) is 17.5. The lowest BCUT2D eigenvalue weighted by Gasteiger charge is -2.26. The fourth-order valence-corrected chi connectivity index (χ4v) is 3.91. The van der Waals surface area contributed by atoms with E-state index in [0.717, 1.165) is 24.8 Å². The maximum atomic E-state index is 12.2. The molecule has 0 bridgehead atoms. The molecular weight excluding hydrogens is 336 g/mol. The van der Waals surface area contributed by atoms with Gasteiger partial charge in [-0.1, -0.05) is 36.4 Å². The number of rotatable bonds is 6. The predicted molar refractivity (Wildman–Crippen MR) is 99.5 cm³/mol. The molecule has 1 atom stereocenters. The van der Waals surface area contributed by atoms with E-state index in [2.05, 4.69) is 17.4 Å². The first-order valence-corrected chi connectivity index (χ1v) is 9.47. The van der Waals surface area contributed by atoms with Gasteiger partial charge >= 0.3 is 0 Å². The number of non-ortho nitro benzene ring substituents is 1. The third-order valence-corrected chi connectivity index (χ3v) is 5.36. The van der Waals surface area contributed by atoms with Crippen molar-refractivity contribution in [2.45, 2.75) is 31.1 Å². The van der Waals surface area contributed by atoms with E-state index < -0.39 is 4.92 Å². The largest absolute Gasteiger partial charge is 0.349 e. The molecule has 25 heavy (non-hydrogen) atoms. The zero-order valence-electron chi connectivity index (χ0n) is 13.8. The van der Waals surface area contributed by atoms with Crippen LogP contribution in [0.15, 0.2) is 48.5 Å². The van der Waals surface area contributed by atoms with Gasteiger partial charge in [0.25, 0.3) is 5.69 Å². The Morgan fingerprint density at radius 3 is 2.72 bits per heavy atom. The van der Waals surface area contributed by atoms with E-state index in [-0.39, 0.29) is 17.6 Å². The van der Waals surface area contributed by atoms with Gasteiger partial charge in [-0.25, -0.2) is 0 Å². The lowest BCUT2D eigenvalue weighted by molar-refractivity contribution is -0.384. The van der Waals surface area contributed by atoms with Crippen molar-refractivity contribution in [1.82, 2.24) is 5.32 Å². The average Bonchev–Trinajstić information content (AvgIpc) is 2.62. The molecule has 0 heterocycles. The SMILES string of the molecule is O=C(CSCc1ccc([N+](=O)[O-])cc1)N[C@@H]1CCCc2ccccc21. The summed E-state index contributed by atoms with van der Waals surface area (Å²) in [6, 6.07) is 14.9. The van der Waals surface area contributed by atoms with E-state index >= 15 is 0 Å². The minimum absolute atomic E-state index is 0.0358. The van der Waals surface area contributed by atoms with E-state index in [1.165, 1.54) is 35.0 Å². The van der Waals surface area contributed by atoms with Gasteiger partial charge in [-0.15, -0.1) is 11.8 Å². The lowest BCUT2D eigenvalue weighted by atomic mass is 9.88. The Bertz CT molecular complexity index is 762. The first-order valence-electron chi connectivity index (χ1n) is 8.32. The quantitative estimate of drug-likeness (QED) is 0.627. The second-order valence-electron chi connectivity index (χ2n) is 6.13. The second-order valence-corrected chi connectivity index (χ2v) is 7.11. The van der Waals surface area contributed by atoms with Crippen LogP contribution in [0.3, 0.4) is 0 Å². The Hall–Kier alpha value is -2.34. The molecule has 1 N–H and O–H groups in total. The number of thioether (sulfide) groups is 1. The van der Waals surface area contributed by atoms with Crippen LogP contribution >= 0.6 is 11.8 Å². The Labute approximate surface area is 151 Å². The number of hydrogen-bond donors (Lipinski definition) is 1. The zero-order valence-corrected chi connectivity index (χ0v) is 14.6. The van der Waals surface area contributed by atoms with Crippen LogP contribution in [-0.4, -0.2) is 16.6 Å². The van der Waals surface area contributed by atoms with Crippen LogP contribution in [0.4, 0.5) is 5.69 Å². The lowest BCUT2D eigenvalue weighted by Crippen LogP contribution is -2.32. The Morgan fingerprint density at radius 1 is 1.20 bits per heavy atom. The maximum Gasteiger partial charge on any atom is 0.269 e. The molecule has 0 aliphatic heterocycles. The standard InChI is InChI=1S/C19H20N2O3S/c22-19(13-25-12-14-8-10-16(11-9-14)21(23)24)20-18-7-3-5-15-4-1-2-6-17(15)18/h1-2,4,6,8-11,18H,3,5,7,12-13H2,(H,20,22)/t18-/m1/s1. The molecule has 6 heteroatoms. The number of benzene rings is 2. The molecule has 0 fully saturated rings. The highest BCUT2D eigenvalue weighted by Crippen LogP contribution is 2.29. The number of nitrogens with zero attached hydrogens (tertiary/aromatic N) is 1. The summed E-state index contributed by atoms with van der Waals surface area (Å²) < 4.78 is 0. The monoisotopic (exact) mass is 356 g/mol. The summed E-state index contributed by atoms with van der Waals surface area (Å²) in [5.41, 5.74) is 3.63. The van der Waals surface area contributed by atoms with Gasteiger partial charge < -0.3 is 5.32 Å². The van der Waals surface area contributed by atoms with Crippen molar-refractivity contribution in [3.05, 3.63) is 75.3 Å². The Morgan fingerprint density at radius 2 is 1.96 bits per heavy atom. The van der Waals surface area contributed by atoms with Gasteiger partial charge in [-0.3, -0.25) is 14.9 Å². The Kier molecular flexibility index (Phi) is 5.71. The highest BCUT2D eigenvalue weighted by atomic mass is 32.2. The molecule has 0 aromatic heterocycles. The summed E-state index contributed by atoms with van der Waals surface area (Å²) in [4.78, 5) is 22.5. The number of nitrogens with one attached hydrogen (secondary N) is 1. The van der Waals surface area contributed by atoms with Crippen molar-refractivity contribution in [1.29, 1.82) is 0 Å². The van der Waals surface area contributed by atoms with E-state index in [9.17, 15) is 14.9 Å². The fraction of sp³-hybridized carbons (Fsp3) is 0.316. The van der Waals surface area contributed by atoms with E-state index in [1.54, 1.807) is 12.1 Å². The number of carbonyl (C=O) groups is 1. The van der Waals surface area contributed by atoms with Crippen molar-refractivity contribution in [3.8, 4) is 0 Å². The third kappa shape index (κ3) is 4.60. The van der Waals surface area contributed by atoms with E-state index in [0.29, 0.717) is 11.5 Å². The third-order valence-electron chi connectivity index (χ3n) is 4.35. The predicted octanol–water partition coefficient (Wildman–Crippen LogP) is 4.02. The van der Waals surface area contributed by atoms with Crippen molar-refractivity contribution in [2.75, 3.05) is 5.75 Å². The zero-order chi connectivity index (χ0) is 17.6. The maximum absolute atomic E-state index is 12.2. The van der Waals surface area contributed by atoms with Gasteiger partial charge in [0.15, 0.2) is 0 Å². The second kappa shape index (κ2) is 8.16. The van der Waals surface area contributed by atoms with Crippen molar-refractivity contribution < 1.29 is 9.72 Å². The first-order chi connectivity index (χ1) is 12.1. The number of nitro benzene ring substituents is 1. The molecule has 1 aliphatic carbocycles. The average molecular weight is 356 g/mol. The number of aryl methyl sites for hydroxylation is 1. The molecule has 5 nitrogen and oxygen atoms in total. The number of nitro groups is 1. The number of fused-ring (bicyclic) bond motifs is 1. The van der Waals surface area contributed by atoms with Crippen molar-refractivity contribution in [3.63, 3.8) is 0 Å². The number of carbonyl (C=O) groups excluding carboxylic acids is 1. The highest BCUT2D eigenvalue weighted by molar-refractivity contribution is 7.99. The molecule has 2 aromatic carbocycles. The molecule has 0 unspecified atom stereocenters. The number of amides is 1. The van der Waals surface area contributed by atoms with Crippen molar-refractivity contribution >= 4 is 23.4 Å². The van der Waals surface area contributed by atoms with Crippen LogP contribution in [0.5, 0.6) is 0 Å². The molecule has 2 aromatic rings. The summed E-state index contributed by atoms with van der Waals surface area (Å²) >= 11 is 1.52. The van der Waals surface area contributed by atoms with Crippen LogP contribution < -0.4 is 5.32 Å². The molecule has 130 valence electrons. The molecule has 1 aliphatic rings. The van der Waals surface area contributed by atoms with E-state index in [4.69, 9.17) is 0 Å². The van der Waals surface area contributed by atoms with Crippen LogP contribution in [-0.2, 0) is 17.0 Å². The molecule has 3 rings (SSSR count). The minimum Gasteiger partial charge on any atom is -0.349 e. The van der Waals surface area contributed by atoms with Crippen LogP contribution in [0, 0.1) is 10.1 Å². The summed E-state index contributed by atoms with van der Waals surface area (Å²) in [6.45, 7) is 0. The van der Waals surface area contributed by atoms with E-state index in [1.807, 2.05) is 12.1 Å². The Balaban J connectivity index is 1.48. The highest BCUT2D eigenvalue weighted by Gasteiger charge is 2.21. The molecule has 0 radical (unpaired) electrons. The van der Waals surface area contributed by atoms with Gasteiger partial charge in [-0.2, -0.15) is 0 Å². The smallest absolute Gasteiger partial charge is 0.269 e. The summed E-state index contributed by atoms with van der Waals surface area (Å²) in [5, 5.41) is 13.8. The number of hydrogen-bond acceptors (Lipinski definition) is 4. The van der Waals surface area contributed by atoms with Gasteiger partial charge in [-0.05, 0) is 36.0 Å². The molecular formula is C19H20N2O3S. The molecule has 0 spiro atoms. The van der Waals surface area contributed by atoms with Gasteiger partial charge in [0.2, 0.25) is 5.91 Å². The van der Waals surface area contributed by atoms with Gasteiger partial charge in [0.1, 0.15) is 0 Å². The van der Waals surface area contributed by atoms with Crippen molar-refractivity contribution in [2.24, 2.45) is 0 Å². The van der Waals surface area contributed by atoms with Crippen LogP contribution in [0.2, 0.25) is 0 Å². The summed E-state index contributed by atoms with van der Waals surface area (Å²) in [7, 11) is 0. The topological polar surface area (TPSA) is 72.2 Å². The van der Waals surface area contributed by atoms with Gasteiger partial charge in [0, 0.05) is 17.9 Å². The summed E-state index contributed by atoms with van der Waals surface area (Å²) in [6.07, 6.45) is 3.16. The molecule has 1 amide bonds. The fourth-order valence-electron chi connectivity index (χ4n) is 3.12.